The van der Waals surface area contributed by atoms with Crippen molar-refractivity contribution in [1.82, 2.24) is 19.8 Å². The summed E-state index contributed by atoms with van der Waals surface area (Å²) in [7, 11) is 1.60. The first kappa shape index (κ1) is 16.3. The predicted octanol–water partition coefficient (Wildman–Crippen LogP) is -0.0640. The molecule has 1 fully saturated rings. The van der Waals surface area contributed by atoms with Gasteiger partial charge in [-0.15, -0.1) is 5.10 Å². The number of methoxy groups -OCH3 is 1. The fraction of sp³-hybridized carbons (Fsp3) is 0.769. The van der Waals surface area contributed by atoms with Gasteiger partial charge >= 0.3 is 0 Å². The second-order valence-corrected chi connectivity index (χ2v) is 6.14. The Kier molecular flexibility index (Phi) is 5.63. The number of rotatable bonds is 7. The molecule has 8 heteroatoms. The number of hydrogen-bond acceptors (Lipinski definition) is 7. The molecule has 1 atom stereocenters. The molecule has 1 saturated heterocycles. The molecule has 0 aromatic carbocycles. The first-order valence-electron chi connectivity index (χ1n) is 7.06. The van der Waals surface area contributed by atoms with Crippen molar-refractivity contribution in [2.45, 2.75) is 31.9 Å². The minimum absolute atomic E-state index is 0.211. The molecule has 0 saturated carbocycles. The molecule has 0 aliphatic carbocycles. The third-order valence-corrected chi connectivity index (χ3v) is 4.54. The van der Waals surface area contributed by atoms with Crippen molar-refractivity contribution in [3.8, 4) is 0 Å². The Bertz CT molecular complexity index is 482. The van der Waals surface area contributed by atoms with E-state index in [1.54, 1.807) is 12.0 Å². The number of carbonyl (C=O) groups is 1. The van der Waals surface area contributed by atoms with Gasteiger partial charge in [0.25, 0.3) is 5.91 Å². The number of piperidine rings is 1. The quantitative estimate of drug-likeness (QED) is 0.733. The Morgan fingerprint density at radius 3 is 3.05 bits per heavy atom. The molecule has 1 aliphatic rings. The van der Waals surface area contributed by atoms with Gasteiger partial charge in [-0.2, -0.15) is 0 Å². The number of nitrogens with zero attached hydrogens (tertiary/aromatic N) is 3. The number of nitrogens with one attached hydrogen (secondary N) is 1. The number of likely N-dealkylation sites (tertiary alicyclic amines) is 1. The van der Waals surface area contributed by atoms with E-state index in [0.717, 1.165) is 17.0 Å². The summed E-state index contributed by atoms with van der Waals surface area (Å²) in [6.45, 7) is 4.40. The van der Waals surface area contributed by atoms with Crippen LogP contribution in [0.2, 0.25) is 0 Å². The highest BCUT2D eigenvalue weighted by atomic mass is 32.1. The maximum atomic E-state index is 12.4. The van der Waals surface area contributed by atoms with E-state index < -0.39 is 5.60 Å². The molecule has 0 bridgehead atoms. The number of ether oxygens (including phenoxy) is 1. The lowest BCUT2D eigenvalue weighted by atomic mass is 9.91. The number of carbonyl (C=O) groups excluding carboxylic acids is 1. The topological polar surface area (TPSA) is 87.6 Å². The highest BCUT2D eigenvalue weighted by Crippen LogP contribution is 2.22. The van der Waals surface area contributed by atoms with E-state index in [4.69, 9.17) is 4.74 Å². The average Bonchev–Trinajstić information content (AvgIpc) is 2.86. The smallest absolute Gasteiger partial charge is 0.255 e. The van der Waals surface area contributed by atoms with Crippen molar-refractivity contribution < 1.29 is 14.6 Å². The lowest BCUT2D eigenvalue weighted by molar-refractivity contribution is -0.157. The van der Waals surface area contributed by atoms with Crippen LogP contribution in [-0.4, -0.2) is 64.5 Å². The molecule has 0 radical (unpaired) electrons. The van der Waals surface area contributed by atoms with Gasteiger partial charge in [-0.3, -0.25) is 4.79 Å². The van der Waals surface area contributed by atoms with Gasteiger partial charge in [0.15, 0.2) is 5.60 Å². The normalized spacial score (nSPS) is 22.8. The van der Waals surface area contributed by atoms with Gasteiger partial charge < -0.3 is 20.1 Å². The third-order valence-electron chi connectivity index (χ3n) is 3.72. The summed E-state index contributed by atoms with van der Waals surface area (Å²) in [5.41, 5.74) is -0.436. The second-order valence-electron chi connectivity index (χ2n) is 5.31. The van der Waals surface area contributed by atoms with Crippen LogP contribution in [0.15, 0.2) is 0 Å². The van der Waals surface area contributed by atoms with Crippen molar-refractivity contribution in [3.05, 3.63) is 10.6 Å². The minimum atomic E-state index is -1.32. The summed E-state index contributed by atoms with van der Waals surface area (Å²) in [6.07, 6.45) is 1.29. The largest absolute Gasteiger partial charge is 0.383 e. The van der Waals surface area contributed by atoms with E-state index in [2.05, 4.69) is 14.9 Å². The predicted molar refractivity (Wildman–Crippen MR) is 79.0 cm³/mol. The summed E-state index contributed by atoms with van der Waals surface area (Å²) in [5.74, 6) is -0.211. The molecule has 0 unspecified atom stereocenters. The van der Waals surface area contributed by atoms with Crippen LogP contribution in [0.25, 0.3) is 0 Å². The van der Waals surface area contributed by atoms with E-state index in [0.29, 0.717) is 32.7 Å². The van der Waals surface area contributed by atoms with Crippen LogP contribution in [0.5, 0.6) is 0 Å². The molecule has 21 heavy (non-hydrogen) atoms. The summed E-state index contributed by atoms with van der Waals surface area (Å²) in [5, 5.41) is 17.7. The molecule has 1 aromatic rings. The zero-order chi connectivity index (χ0) is 15.3. The van der Waals surface area contributed by atoms with Crippen LogP contribution >= 0.6 is 11.5 Å². The molecule has 118 valence electrons. The first-order valence-corrected chi connectivity index (χ1v) is 7.83. The van der Waals surface area contributed by atoms with E-state index in [1.807, 2.05) is 6.92 Å². The molecule has 0 spiro atoms. The average molecular weight is 314 g/mol. The number of aryl methyl sites for hydroxylation is 1. The molecule has 2 rings (SSSR count). The molecular formula is C13H22N4O3S. The van der Waals surface area contributed by atoms with E-state index >= 15 is 0 Å². The monoisotopic (exact) mass is 314 g/mol. The van der Waals surface area contributed by atoms with Crippen LogP contribution in [0, 0.1) is 6.92 Å². The number of hydrogen-bond donors (Lipinski definition) is 2. The zero-order valence-electron chi connectivity index (χ0n) is 12.5. The van der Waals surface area contributed by atoms with Crippen LogP contribution in [0.1, 0.15) is 23.4 Å². The van der Waals surface area contributed by atoms with Crippen LogP contribution in [-0.2, 0) is 16.1 Å². The van der Waals surface area contributed by atoms with Crippen molar-refractivity contribution in [3.63, 3.8) is 0 Å². The molecule has 1 aromatic heterocycles. The Morgan fingerprint density at radius 2 is 2.38 bits per heavy atom. The highest BCUT2D eigenvalue weighted by Gasteiger charge is 2.41. The van der Waals surface area contributed by atoms with Crippen LogP contribution in [0.3, 0.4) is 0 Å². The summed E-state index contributed by atoms with van der Waals surface area (Å²) >= 11 is 1.33. The van der Waals surface area contributed by atoms with Gasteiger partial charge in [0.1, 0.15) is 0 Å². The van der Waals surface area contributed by atoms with E-state index in [9.17, 15) is 9.90 Å². The maximum Gasteiger partial charge on any atom is 0.255 e. The number of amides is 1. The van der Waals surface area contributed by atoms with Gasteiger partial charge in [-0.1, -0.05) is 4.49 Å². The van der Waals surface area contributed by atoms with Crippen LogP contribution in [0.4, 0.5) is 0 Å². The highest BCUT2D eigenvalue weighted by molar-refractivity contribution is 7.05. The van der Waals surface area contributed by atoms with Gasteiger partial charge in [-0.05, 0) is 31.3 Å². The van der Waals surface area contributed by atoms with Gasteiger partial charge in [-0.25, -0.2) is 0 Å². The second kappa shape index (κ2) is 7.26. The van der Waals surface area contributed by atoms with Crippen LogP contribution < -0.4 is 5.32 Å². The molecule has 2 heterocycles. The van der Waals surface area contributed by atoms with E-state index in [1.165, 1.54) is 11.5 Å². The molecule has 1 aliphatic heterocycles. The maximum absolute atomic E-state index is 12.4. The summed E-state index contributed by atoms with van der Waals surface area (Å²) < 4.78 is 8.87. The lowest BCUT2D eigenvalue weighted by Gasteiger charge is -2.38. The Labute approximate surface area is 128 Å². The summed E-state index contributed by atoms with van der Waals surface area (Å²) in [6, 6.07) is 0. The fourth-order valence-corrected chi connectivity index (χ4v) is 3.04. The van der Waals surface area contributed by atoms with Crippen molar-refractivity contribution in [2.24, 2.45) is 0 Å². The standard InChI is InChI=1S/C13H22N4O3S/c1-10-11(21-16-15-10)8-14-9-13(19)4-3-5-17(12(13)18)6-7-20-2/h14,19H,3-9H2,1-2H3/t13-/m1/s1. The minimum Gasteiger partial charge on any atom is -0.383 e. The van der Waals surface area contributed by atoms with E-state index in [-0.39, 0.29) is 12.5 Å². The number of aromatic nitrogens is 2. The van der Waals surface area contributed by atoms with Gasteiger partial charge in [0.05, 0.1) is 17.2 Å². The molecule has 7 nitrogen and oxygen atoms in total. The summed E-state index contributed by atoms with van der Waals surface area (Å²) in [4.78, 5) is 15.1. The Balaban J connectivity index is 1.88. The number of aliphatic hydroxyl groups is 1. The van der Waals surface area contributed by atoms with Gasteiger partial charge in [0.2, 0.25) is 0 Å². The molecule has 2 N–H and O–H groups in total. The third kappa shape index (κ3) is 3.97. The van der Waals surface area contributed by atoms with Crippen molar-refractivity contribution in [1.29, 1.82) is 0 Å². The van der Waals surface area contributed by atoms with Crippen molar-refractivity contribution >= 4 is 17.4 Å². The zero-order valence-corrected chi connectivity index (χ0v) is 13.3. The first-order chi connectivity index (χ1) is 10.1. The Morgan fingerprint density at radius 1 is 1.57 bits per heavy atom. The lowest BCUT2D eigenvalue weighted by Crippen LogP contribution is -2.58. The van der Waals surface area contributed by atoms with Crippen molar-refractivity contribution in [2.75, 3.05) is 33.4 Å². The molecular weight excluding hydrogens is 292 g/mol. The fourth-order valence-electron chi connectivity index (χ4n) is 2.44. The molecule has 1 amide bonds. The Hall–Kier alpha value is -1.09. The van der Waals surface area contributed by atoms with Gasteiger partial charge in [0, 0.05) is 33.3 Å². The SMILES string of the molecule is COCCN1CCC[C@@](O)(CNCc2snnc2C)C1=O.